The van der Waals surface area contributed by atoms with E-state index in [-0.39, 0.29) is 12.5 Å². The second-order valence-electron chi connectivity index (χ2n) is 7.99. The van der Waals surface area contributed by atoms with Gasteiger partial charge in [-0.1, -0.05) is 78.9 Å². The van der Waals surface area contributed by atoms with Gasteiger partial charge in [-0.3, -0.25) is 4.79 Å². The molecule has 34 heavy (non-hydrogen) atoms. The normalized spacial score (nSPS) is 10.9. The predicted octanol–water partition coefficient (Wildman–Crippen LogP) is 5.09. The van der Waals surface area contributed by atoms with E-state index < -0.39 is 0 Å². The van der Waals surface area contributed by atoms with E-state index in [2.05, 4.69) is 5.32 Å². The molecular weight excluding hydrogens is 424 g/mol. The molecule has 2 heterocycles. The first-order valence-electron chi connectivity index (χ1n) is 11.1. The number of hydrogen-bond acceptors (Lipinski definition) is 4. The number of ether oxygens (including phenoxy) is 1. The first-order chi connectivity index (χ1) is 16.7. The fourth-order valence-electron chi connectivity index (χ4n) is 3.88. The lowest BCUT2D eigenvalue weighted by atomic mass is 10.1. The van der Waals surface area contributed by atoms with Crippen molar-refractivity contribution in [3.05, 3.63) is 108 Å². The number of benzene rings is 3. The Labute approximate surface area is 197 Å². The summed E-state index contributed by atoms with van der Waals surface area (Å²) in [6.07, 6.45) is 0. The number of aromatic nitrogens is 3. The monoisotopic (exact) mass is 448 g/mol. The topological polar surface area (TPSA) is 69.0 Å². The van der Waals surface area contributed by atoms with Crippen molar-refractivity contribution in [1.82, 2.24) is 20.1 Å². The number of nitrogens with one attached hydrogen (secondary N) is 1. The van der Waals surface area contributed by atoms with Crippen LogP contribution in [-0.4, -0.2) is 27.3 Å². The molecule has 2 aromatic heterocycles. The number of carbonyl (C=O) groups is 1. The zero-order valence-electron chi connectivity index (χ0n) is 18.8. The van der Waals surface area contributed by atoms with Gasteiger partial charge < -0.3 is 10.1 Å². The molecule has 0 aliphatic heterocycles. The number of amides is 1. The minimum absolute atomic E-state index is 0.115. The minimum atomic E-state index is -0.204. The van der Waals surface area contributed by atoms with E-state index in [4.69, 9.17) is 14.8 Å². The van der Waals surface area contributed by atoms with Crippen LogP contribution in [0.3, 0.4) is 0 Å². The van der Waals surface area contributed by atoms with Crippen LogP contribution in [0.1, 0.15) is 11.1 Å². The SMILES string of the molecule is Cc1cc(OCC(=O)NCc2ccccc2)nc2c1c(-c1ccccc1)nn2-c1ccccc1. The van der Waals surface area contributed by atoms with Gasteiger partial charge in [-0.15, -0.1) is 0 Å². The Morgan fingerprint density at radius 1 is 0.912 bits per heavy atom. The number of hydrogen-bond donors (Lipinski definition) is 1. The number of pyridine rings is 1. The fourth-order valence-corrected chi connectivity index (χ4v) is 3.88. The molecule has 0 saturated carbocycles. The first-order valence-corrected chi connectivity index (χ1v) is 11.1. The summed E-state index contributed by atoms with van der Waals surface area (Å²) in [6.45, 7) is 2.35. The summed E-state index contributed by atoms with van der Waals surface area (Å²) in [7, 11) is 0. The molecule has 3 aromatic carbocycles. The average molecular weight is 449 g/mol. The number of para-hydroxylation sites is 1. The number of nitrogens with zero attached hydrogens (tertiary/aromatic N) is 3. The van der Waals surface area contributed by atoms with Crippen molar-refractivity contribution in [3.8, 4) is 22.8 Å². The third-order valence-corrected chi connectivity index (χ3v) is 5.54. The van der Waals surface area contributed by atoms with Crippen LogP contribution in [0.25, 0.3) is 28.0 Å². The van der Waals surface area contributed by atoms with Gasteiger partial charge in [-0.2, -0.15) is 10.1 Å². The quantitative estimate of drug-likeness (QED) is 0.377. The summed E-state index contributed by atoms with van der Waals surface area (Å²) < 4.78 is 7.61. The smallest absolute Gasteiger partial charge is 0.258 e. The third-order valence-electron chi connectivity index (χ3n) is 5.54. The standard InChI is InChI=1S/C28H24N4O2/c1-20-17-25(34-19-24(33)29-18-21-11-5-2-6-12-21)30-28-26(20)27(22-13-7-3-8-14-22)31-32(28)23-15-9-4-10-16-23/h2-17H,18-19H2,1H3,(H,29,33). The highest BCUT2D eigenvalue weighted by molar-refractivity contribution is 5.95. The van der Waals surface area contributed by atoms with Crippen LogP contribution in [0.4, 0.5) is 0 Å². The zero-order chi connectivity index (χ0) is 23.3. The van der Waals surface area contributed by atoms with Gasteiger partial charge >= 0.3 is 0 Å². The Balaban J connectivity index is 1.44. The van der Waals surface area contributed by atoms with Gasteiger partial charge in [0.05, 0.1) is 11.1 Å². The lowest BCUT2D eigenvalue weighted by Gasteiger charge is -2.09. The van der Waals surface area contributed by atoms with Crippen LogP contribution in [0, 0.1) is 6.92 Å². The summed E-state index contributed by atoms with van der Waals surface area (Å²) >= 11 is 0. The second kappa shape index (κ2) is 9.58. The van der Waals surface area contributed by atoms with Crippen molar-refractivity contribution in [2.75, 3.05) is 6.61 Å². The lowest BCUT2D eigenvalue weighted by molar-refractivity contribution is -0.123. The van der Waals surface area contributed by atoms with Gasteiger partial charge in [-0.25, -0.2) is 4.68 Å². The van der Waals surface area contributed by atoms with Crippen molar-refractivity contribution in [1.29, 1.82) is 0 Å². The molecule has 5 aromatic rings. The van der Waals surface area contributed by atoms with Crippen LogP contribution in [0.2, 0.25) is 0 Å². The van der Waals surface area contributed by atoms with Gasteiger partial charge in [-0.05, 0) is 30.2 Å². The van der Waals surface area contributed by atoms with E-state index in [1.807, 2.05) is 109 Å². The molecule has 0 aliphatic carbocycles. The molecule has 0 unspecified atom stereocenters. The molecular formula is C28H24N4O2. The molecule has 1 amide bonds. The Bertz CT molecular complexity index is 1420. The Morgan fingerprint density at radius 2 is 1.56 bits per heavy atom. The summed E-state index contributed by atoms with van der Waals surface area (Å²) in [5.41, 5.74) is 5.47. The highest BCUT2D eigenvalue weighted by atomic mass is 16.5. The number of fused-ring (bicyclic) bond motifs is 1. The van der Waals surface area contributed by atoms with E-state index in [0.717, 1.165) is 33.5 Å². The van der Waals surface area contributed by atoms with Crippen LogP contribution in [0.5, 0.6) is 5.88 Å². The number of rotatable bonds is 7. The molecule has 0 radical (unpaired) electrons. The largest absolute Gasteiger partial charge is 0.468 e. The van der Waals surface area contributed by atoms with Crippen LogP contribution < -0.4 is 10.1 Å². The van der Waals surface area contributed by atoms with Gasteiger partial charge in [0.2, 0.25) is 5.88 Å². The van der Waals surface area contributed by atoms with E-state index in [9.17, 15) is 4.79 Å². The molecule has 5 rings (SSSR count). The molecule has 0 spiro atoms. The number of aryl methyl sites for hydroxylation is 1. The Kier molecular flexibility index (Phi) is 6.03. The maximum absolute atomic E-state index is 12.3. The van der Waals surface area contributed by atoms with E-state index in [1.54, 1.807) is 0 Å². The van der Waals surface area contributed by atoms with Crippen molar-refractivity contribution in [3.63, 3.8) is 0 Å². The van der Waals surface area contributed by atoms with Crippen LogP contribution >= 0.6 is 0 Å². The Morgan fingerprint density at radius 3 is 2.26 bits per heavy atom. The van der Waals surface area contributed by atoms with Crippen molar-refractivity contribution < 1.29 is 9.53 Å². The van der Waals surface area contributed by atoms with Gasteiger partial charge in [0.1, 0.15) is 5.69 Å². The van der Waals surface area contributed by atoms with Crippen LogP contribution in [-0.2, 0) is 11.3 Å². The molecule has 6 heteroatoms. The van der Waals surface area contributed by atoms with Crippen molar-refractivity contribution in [2.45, 2.75) is 13.5 Å². The van der Waals surface area contributed by atoms with E-state index >= 15 is 0 Å². The highest BCUT2D eigenvalue weighted by Gasteiger charge is 2.18. The number of carbonyl (C=O) groups excluding carboxylic acids is 1. The molecule has 168 valence electrons. The molecule has 6 nitrogen and oxygen atoms in total. The Hall–Kier alpha value is -4.45. The average Bonchev–Trinajstić information content (AvgIpc) is 3.28. The predicted molar refractivity (Wildman–Crippen MR) is 133 cm³/mol. The zero-order valence-corrected chi connectivity index (χ0v) is 18.8. The maximum atomic E-state index is 12.3. The van der Waals surface area contributed by atoms with E-state index in [0.29, 0.717) is 18.1 Å². The molecule has 0 aliphatic rings. The summed E-state index contributed by atoms with van der Waals surface area (Å²) in [5, 5.41) is 8.74. The molecule has 0 saturated heterocycles. The summed E-state index contributed by atoms with van der Waals surface area (Å²) in [4.78, 5) is 17.1. The molecule has 0 bridgehead atoms. The lowest BCUT2D eigenvalue weighted by Crippen LogP contribution is -2.28. The highest BCUT2D eigenvalue weighted by Crippen LogP contribution is 2.33. The van der Waals surface area contributed by atoms with Gasteiger partial charge in [0, 0.05) is 18.2 Å². The molecule has 1 N–H and O–H groups in total. The minimum Gasteiger partial charge on any atom is -0.468 e. The summed E-state index contributed by atoms with van der Waals surface area (Å²) in [5.74, 6) is 0.182. The maximum Gasteiger partial charge on any atom is 0.258 e. The van der Waals surface area contributed by atoms with Crippen molar-refractivity contribution >= 4 is 16.9 Å². The van der Waals surface area contributed by atoms with Gasteiger partial charge in [0.25, 0.3) is 5.91 Å². The fraction of sp³-hybridized carbons (Fsp3) is 0.107. The van der Waals surface area contributed by atoms with Gasteiger partial charge in [0.15, 0.2) is 12.3 Å². The van der Waals surface area contributed by atoms with Crippen LogP contribution in [0.15, 0.2) is 97.1 Å². The summed E-state index contributed by atoms with van der Waals surface area (Å²) in [6, 6.07) is 31.6. The molecule has 0 fully saturated rings. The first kappa shape index (κ1) is 21.4. The second-order valence-corrected chi connectivity index (χ2v) is 7.99. The van der Waals surface area contributed by atoms with Crippen molar-refractivity contribution in [2.24, 2.45) is 0 Å². The third kappa shape index (κ3) is 4.52. The van der Waals surface area contributed by atoms with E-state index in [1.165, 1.54) is 0 Å². The molecule has 0 atom stereocenters.